The Hall–Kier alpha value is -0.370. The van der Waals surface area contributed by atoms with Crippen molar-refractivity contribution in [3.63, 3.8) is 0 Å². The Morgan fingerprint density at radius 1 is 1.62 bits per heavy atom. The molecule has 0 nitrogen and oxygen atoms in total. The number of halogens is 3. The third-order valence-electron chi connectivity index (χ3n) is 0.611. The van der Waals surface area contributed by atoms with Crippen LogP contribution in [0.15, 0.2) is 24.8 Å². The maximum absolute atomic E-state index is 11.7. The first-order valence-electron chi connectivity index (χ1n) is 1.87. The fraction of sp³-hybridized carbons (Fsp3) is 0.200. The maximum Gasteiger partial charge on any atom is 0.347 e. The second-order valence-electron chi connectivity index (χ2n) is 1.23. The van der Waals surface area contributed by atoms with E-state index in [4.69, 9.17) is 0 Å². The molecule has 0 unspecified atom stereocenters. The van der Waals surface area contributed by atoms with Gasteiger partial charge in [-0.1, -0.05) is 19.2 Å². The molecular weight excluding hydrogens is 134 g/mol. The van der Waals surface area contributed by atoms with Crippen molar-refractivity contribution in [3.8, 4) is 0 Å². The number of allylic oxidation sites excluding steroid dienone is 2. The van der Waals surface area contributed by atoms with E-state index in [1.54, 1.807) is 0 Å². The summed E-state index contributed by atoms with van der Waals surface area (Å²) >= 11 is 4.48. The van der Waals surface area contributed by atoms with E-state index >= 15 is 0 Å². The Labute approximate surface area is 51.5 Å². The van der Waals surface area contributed by atoms with E-state index in [0.29, 0.717) is 0 Å². The maximum atomic E-state index is 11.7. The van der Waals surface area contributed by atoms with Gasteiger partial charge in [0.15, 0.2) is 0 Å². The van der Waals surface area contributed by atoms with Crippen molar-refractivity contribution in [2.24, 2.45) is 0 Å². The molecule has 0 aliphatic heterocycles. The van der Waals surface area contributed by atoms with Gasteiger partial charge in [-0.2, -0.15) is 8.78 Å². The fourth-order valence-corrected chi connectivity index (χ4v) is 0.193. The number of rotatable bonds is 2. The van der Waals surface area contributed by atoms with Crippen molar-refractivity contribution in [2.75, 3.05) is 0 Å². The standard InChI is InChI=1S/C5H5ClF2/c1-3-4(2)5(6,7)8/h3H,1-2H2. The first kappa shape index (κ1) is 7.63. The van der Waals surface area contributed by atoms with E-state index in [1.165, 1.54) is 0 Å². The largest absolute Gasteiger partial charge is 0.347 e. The van der Waals surface area contributed by atoms with Gasteiger partial charge < -0.3 is 0 Å². The molecule has 0 rings (SSSR count). The first-order chi connectivity index (χ1) is 3.48. The average molecular weight is 139 g/mol. The summed E-state index contributed by atoms with van der Waals surface area (Å²) < 4.78 is 23.4. The lowest BCUT2D eigenvalue weighted by atomic mass is 10.3. The van der Waals surface area contributed by atoms with E-state index in [1.807, 2.05) is 0 Å². The van der Waals surface area contributed by atoms with Gasteiger partial charge in [-0.15, -0.1) is 0 Å². The van der Waals surface area contributed by atoms with Gasteiger partial charge in [0.05, 0.1) is 0 Å². The molecule has 0 aromatic rings. The van der Waals surface area contributed by atoms with Gasteiger partial charge in [-0.3, -0.25) is 0 Å². The summed E-state index contributed by atoms with van der Waals surface area (Å²) in [6.45, 7) is 6.01. The van der Waals surface area contributed by atoms with E-state index in [-0.39, 0.29) is 0 Å². The van der Waals surface area contributed by atoms with Crippen LogP contribution in [0.4, 0.5) is 8.78 Å². The van der Waals surface area contributed by atoms with Crippen LogP contribution in [0.2, 0.25) is 0 Å². The van der Waals surface area contributed by atoms with Crippen molar-refractivity contribution < 1.29 is 8.78 Å². The van der Waals surface area contributed by atoms with Crippen molar-refractivity contribution in [3.05, 3.63) is 24.8 Å². The number of hydrogen-bond donors (Lipinski definition) is 0. The first-order valence-corrected chi connectivity index (χ1v) is 2.25. The molecule has 0 atom stereocenters. The molecule has 0 fully saturated rings. The second kappa shape index (κ2) is 2.27. The van der Waals surface area contributed by atoms with Crippen LogP contribution < -0.4 is 0 Å². The van der Waals surface area contributed by atoms with Crippen molar-refractivity contribution in [2.45, 2.75) is 5.38 Å². The molecule has 0 aliphatic carbocycles. The molecule has 0 aromatic heterocycles. The van der Waals surface area contributed by atoms with Gasteiger partial charge in [0.2, 0.25) is 0 Å². The third-order valence-corrected chi connectivity index (χ3v) is 0.853. The third kappa shape index (κ3) is 2.07. The number of hydrogen-bond acceptors (Lipinski definition) is 0. The molecule has 0 aromatic carbocycles. The van der Waals surface area contributed by atoms with Gasteiger partial charge >= 0.3 is 5.38 Å². The molecule has 0 saturated heterocycles. The average Bonchev–Trinajstić information content (AvgIpc) is 1.62. The molecule has 0 spiro atoms. The molecule has 3 heteroatoms. The van der Waals surface area contributed by atoms with Gasteiger partial charge in [0.1, 0.15) is 0 Å². The SMILES string of the molecule is C=CC(=C)C(F)(F)Cl. The molecule has 46 valence electrons. The Balaban J connectivity index is 4.02. The molecule has 8 heavy (non-hydrogen) atoms. The predicted octanol–water partition coefficient (Wildman–Crippen LogP) is 2.56. The highest BCUT2D eigenvalue weighted by molar-refractivity contribution is 6.23. The number of alkyl halides is 3. The summed E-state index contributed by atoms with van der Waals surface area (Å²) in [7, 11) is 0. The summed E-state index contributed by atoms with van der Waals surface area (Å²) in [6.07, 6.45) is 0.924. The zero-order valence-corrected chi connectivity index (χ0v) is 4.88. The zero-order chi connectivity index (χ0) is 6.78. The van der Waals surface area contributed by atoms with Crippen LogP contribution in [0.3, 0.4) is 0 Å². The van der Waals surface area contributed by atoms with Gasteiger partial charge in [0.25, 0.3) is 0 Å². The quantitative estimate of drug-likeness (QED) is 0.406. The molecular formula is C5H5ClF2. The molecule has 0 N–H and O–H groups in total. The second-order valence-corrected chi connectivity index (χ2v) is 1.70. The van der Waals surface area contributed by atoms with Crippen LogP contribution in [0.25, 0.3) is 0 Å². The highest BCUT2D eigenvalue weighted by Crippen LogP contribution is 2.27. The van der Waals surface area contributed by atoms with Crippen LogP contribution in [-0.4, -0.2) is 5.38 Å². The lowest BCUT2D eigenvalue weighted by Crippen LogP contribution is -2.05. The zero-order valence-electron chi connectivity index (χ0n) is 4.13. The van der Waals surface area contributed by atoms with Gasteiger partial charge in [-0.25, -0.2) is 0 Å². The summed E-state index contributed by atoms with van der Waals surface area (Å²) in [5.74, 6) is 0. The Morgan fingerprint density at radius 3 is 2.00 bits per heavy atom. The van der Waals surface area contributed by atoms with Crippen molar-refractivity contribution >= 4 is 11.6 Å². The van der Waals surface area contributed by atoms with Crippen LogP contribution in [0.1, 0.15) is 0 Å². The minimum Gasteiger partial charge on any atom is -0.183 e. The van der Waals surface area contributed by atoms with Crippen molar-refractivity contribution in [1.82, 2.24) is 0 Å². The lowest BCUT2D eigenvalue weighted by Gasteiger charge is -2.04. The van der Waals surface area contributed by atoms with E-state index in [9.17, 15) is 8.78 Å². The lowest BCUT2D eigenvalue weighted by molar-refractivity contribution is 0.143. The highest BCUT2D eigenvalue weighted by atomic mass is 35.5. The molecule has 0 radical (unpaired) electrons. The highest BCUT2D eigenvalue weighted by Gasteiger charge is 2.26. The summed E-state index contributed by atoms with van der Waals surface area (Å²) in [6, 6.07) is 0. The van der Waals surface area contributed by atoms with E-state index < -0.39 is 11.0 Å². The minimum atomic E-state index is -3.33. The van der Waals surface area contributed by atoms with Crippen LogP contribution >= 0.6 is 11.6 Å². The molecule has 0 saturated carbocycles. The van der Waals surface area contributed by atoms with E-state index in [0.717, 1.165) is 6.08 Å². The summed E-state index contributed by atoms with van der Waals surface area (Å²) in [5.41, 5.74) is -0.473. The topological polar surface area (TPSA) is 0 Å². The van der Waals surface area contributed by atoms with Crippen LogP contribution in [0.5, 0.6) is 0 Å². The fourth-order valence-electron chi connectivity index (χ4n) is 0.116. The molecule has 0 heterocycles. The smallest absolute Gasteiger partial charge is 0.183 e. The van der Waals surface area contributed by atoms with Crippen LogP contribution in [0, 0.1) is 0 Å². The van der Waals surface area contributed by atoms with Crippen LogP contribution in [-0.2, 0) is 0 Å². The minimum absolute atomic E-state index is 0.473. The van der Waals surface area contributed by atoms with Gasteiger partial charge in [0, 0.05) is 5.57 Å². The predicted molar refractivity (Wildman–Crippen MR) is 30.1 cm³/mol. The van der Waals surface area contributed by atoms with Crippen molar-refractivity contribution in [1.29, 1.82) is 0 Å². The monoisotopic (exact) mass is 138 g/mol. The summed E-state index contributed by atoms with van der Waals surface area (Å²) in [5, 5.41) is -3.33. The molecule has 0 amide bonds. The Bertz CT molecular complexity index is 112. The Kier molecular flexibility index (Phi) is 2.16. The van der Waals surface area contributed by atoms with Gasteiger partial charge in [-0.05, 0) is 11.6 Å². The van der Waals surface area contributed by atoms with E-state index in [2.05, 4.69) is 24.8 Å². The molecule has 0 bridgehead atoms. The normalized spacial score (nSPS) is 10.9. The Morgan fingerprint density at radius 2 is 2.00 bits per heavy atom. The summed E-state index contributed by atoms with van der Waals surface area (Å²) in [4.78, 5) is 0. The molecule has 0 aliphatic rings.